The van der Waals surface area contributed by atoms with Crippen LogP contribution >= 0.6 is 0 Å². The van der Waals surface area contributed by atoms with Crippen molar-refractivity contribution in [3.05, 3.63) is 0 Å². The van der Waals surface area contributed by atoms with Crippen LogP contribution in [0, 0.1) is 23.7 Å². The van der Waals surface area contributed by atoms with Gasteiger partial charge in [0.25, 0.3) is 0 Å². The molecule has 17 heavy (non-hydrogen) atoms. The van der Waals surface area contributed by atoms with Crippen LogP contribution in [-0.2, 0) is 4.79 Å². The van der Waals surface area contributed by atoms with Crippen molar-refractivity contribution in [3.63, 3.8) is 0 Å². The summed E-state index contributed by atoms with van der Waals surface area (Å²) in [6.07, 6.45) is 6.15. The molecule has 3 N–H and O–H groups in total. The zero-order valence-corrected chi connectivity index (χ0v) is 11.1. The van der Waals surface area contributed by atoms with Crippen LogP contribution in [0.15, 0.2) is 0 Å². The largest absolute Gasteiger partial charge is 0.354 e. The standard InChI is InChI=1S/C14H26N2O/c1-9(2)7-10(15)8-16-14(17)13-11-5-3-4-6-12(11)13/h9-13H,3-8,15H2,1-2H3,(H,16,17). The predicted molar refractivity (Wildman–Crippen MR) is 69.4 cm³/mol. The van der Waals surface area contributed by atoms with Gasteiger partial charge in [0.2, 0.25) is 5.91 Å². The number of amides is 1. The van der Waals surface area contributed by atoms with Gasteiger partial charge in [-0.15, -0.1) is 0 Å². The van der Waals surface area contributed by atoms with Gasteiger partial charge < -0.3 is 11.1 Å². The molecule has 0 spiro atoms. The molecule has 0 heterocycles. The molecule has 3 heteroatoms. The van der Waals surface area contributed by atoms with Crippen molar-refractivity contribution in [1.29, 1.82) is 0 Å². The number of hydrogen-bond donors (Lipinski definition) is 2. The van der Waals surface area contributed by atoms with Gasteiger partial charge in [0.1, 0.15) is 0 Å². The van der Waals surface area contributed by atoms with Gasteiger partial charge in [-0.3, -0.25) is 4.79 Å². The van der Waals surface area contributed by atoms with Crippen LogP contribution in [0.5, 0.6) is 0 Å². The first-order valence-corrected chi connectivity index (χ1v) is 7.13. The molecule has 2 fully saturated rings. The van der Waals surface area contributed by atoms with Crippen molar-refractivity contribution >= 4 is 5.91 Å². The van der Waals surface area contributed by atoms with Crippen LogP contribution in [0.4, 0.5) is 0 Å². The topological polar surface area (TPSA) is 55.1 Å². The molecule has 0 aliphatic heterocycles. The number of carbonyl (C=O) groups excluding carboxylic acids is 1. The molecule has 2 saturated carbocycles. The SMILES string of the molecule is CC(C)CC(N)CNC(=O)C1C2CCCCC21. The fraction of sp³-hybridized carbons (Fsp3) is 0.929. The van der Waals surface area contributed by atoms with E-state index < -0.39 is 0 Å². The number of fused-ring (bicyclic) bond motifs is 1. The lowest BCUT2D eigenvalue weighted by Crippen LogP contribution is -2.39. The second kappa shape index (κ2) is 5.38. The monoisotopic (exact) mass is 238 g/mol. The molecule has 0 saturated heterocycles. The van der Waals surface area contributed by atoms with Gasteiger partial charge in [-0.05, 0) is 37.0 Å². The molecular weight excluding hydrogens is 212 g/mol. The van der Waals surface area contributed by atoms with E-state index in [1.165, 1.54) is 25.7 Å². The summed E-state index contributed by atoms with van der Waals surface area (Å²) in [4.78, 5) is 12.0. The van der Waals surface area contributed by atoms with Gasteiger partial charge in [0.15, 0.2) is 0 Å². The number of carbonyl (C=O) groups is 1. The number of rotatable bonds is 5. The van der Waals surface area contributed by atoms with Gasteiger partial charge >= 0.3 is 0 Å². The fourth-order valence-electron chi connectivity index (χ4n) is 3.42. The second-order valence-corrected chi connectivity index (χ2v) is 6.27. The molecule has 2 rings (SSSR count). The Hall–Kier alpha value is -0.570. The second-order valence-electron chi connectivity index (χ2n) is 6.27. The maximum Gasteiger partial charge on any atom is 0.223 e. The van der Waals surface area contributed by atoms with Crippen LogP contribution in [0.1, 0.15) is 46.0 Å². The summed E-state index contributed by atoms with van der Waals surface area (Å²) in [6.45, 7) is 4.97. The Labute approximate surface area is 105 Å². The molecule has 2 aliphatic rings. The normalized spacial score (nSPS) is 33.1. The van der Waals surface area contributed by atoms with Crippen molar-refractivity contribution < 1.29 is 4.79 Å². The molecular formula is C14H26N2O. The van der Waals surface area contributed by atoms with E-state index in [9.17, 15) is 4.79 Å². The van der Waals surface area contributed by atoms with E-state index in [2.05, 4.69) is 19.2 Å². The highest BCUT2D eigenvalue weighted by Gasteiger charge is 2.54. The third-order valence-corrected chi connectivity index (χ3v) is 4.27. The maximum atomic E-state index is 12.0. The summed E-state index contributed by atoms with van der Waals surface area (Å²) < 4.78 is 0. The van der Waals surface area contributed by atoms with Crippen molar-refractivity contribution in [2.24, 2.45) is 29.4 Å². The minimum Gasteiger partial charge on any atom is -0.354 e. The van der Waals surface area contributed by atoms with Crippen molar-refractivity contribution in [2.75, 3.05) is 6.54 Å². The molecule has 3 unspecified atom stereocenters. The quantitative estimate of drug-likeness (QED) is 0.768. The van der Waals surface area contributed by atoms with Crippen LogP contribution < -0.4 is 11.1 Å². The van der Waals surface area contributed by atoms with Crippen LogP contribution in [0.3, 0.4) is 0 Å². The Morgan fingerprint density at radius 1 is 1.29 bits per heavy atom. The summed E-state index contributed by atoms with van der Waals surface area (Å²) in [5.41, 5.74) is 5.98. The van der Waals surface area contributed by atoms with Crippen molar-refractivity contribution in [2.45, 2.75) is 52.0 Å². The van der Waals surface area contributed by atoms with Crippen molar-refractivity contribution in [3.8, 4) is 0 Å². The first-order chi connectivity index (χ1) is 8.09. The lowest BCUT2D eigenvalue weighted by atomic mass is 10.0. The molecule has 0 bridgehead atoms. The number of hydrogen-bond acceptors (Lipinski definition) is 2. The van der Waals surface area contributed by atoms with Gasteiger partial charge in [0, 0.05) is 18.5 Å². The minimum absolute atomic E-state index is 0.111. The summed E-state index contributed by atoms with van der Waals surface area (Å²) in [5, 5.41) is 3.04. The average molecular weight is 238 g/mol. The average Bonchev–Trinajstić information content (AvgIpc) is 2.99. The van der Waals surface area contributed by atoms with E-state index in [1.807, 2.05) is 0 Å². The lowest BCUT2D eigenvalue weighted by molar-refractivity contribution is -0.122. The molecule has 0 radical (unpaired) electrons. The van der Waals surface area contributed by atoms with Gasteiger partial charge in [-0.2, -0.15) is 0 Å². The first-order valence-electron chi connectivity index (χ1n) is 7.13. The minimum atomic E-state index is 0.111. The van der Waals surface area contributed by atoms with Crippen LogP contribution in [-0.4, -0.2) is 18.5 Å². The first kappa shape index (κ1) is 12.9. The van der Waals surface area contributed by atoms with Crippen LogP contribution in [0.25, 0.3) is 0 Å². The smallest absolute Gasteiger partial charge is 0.223 e. The third-order valence-electron chi connectivity index (χ3n) is 4.27. The van der Waals surface area contributed by atoms with Gasteiger partial charge in [-0.25, -0.2) is 0 Å². The Kier molecular flexibility index (Phi) is 4.08. The Balaban J connectivity index is 1.68. The maximum absolute atomic E-state index is 12.0. The highest BCUT2D eigenvalue weighted by molar-refractivity contribution is 5.82. The van der Waals surface area contributed by atoms with E-state index >= 15 is 0 Å². The van der Waals surface area contributed by atoms with Gasteiger partial charge in [0.05, 0.1) is 0 Å². The lowest BCUT2D eigenvalue weighted by Gasteiger charge is -2.14. The summed E-state index contributed by atoms with van der Waals surface area (Å²) in [5.74, 6) is 2.59. The molecule has 0 aromatic rings. The molecule has 0 aromatic heterocycles. The van der Waals surface area contributed by atoms with E-state index in [1.54, 1.807) is 0 Å². The van der Waals surface area contributed by atoms with Crippen LogP contribution in [0.2, 0.25) is 0 Å². The Morgan fingerprint density at radius 2 is 1.88 bits per heavy atom. The molecule has 2 aliphatic carbocycles. The Morgan fingerprint density at radius 3 is 2.41 bits per heavy atom. The van der Waals surface area contributed by atoms with E-state index in [4.69, 9.17) is 5.73 Å². The fourth-order valence-corrected chi connectivity index (χ4v) is 3.42. The Bertz CT molecular complexity index is 265. The molecule has 0 aromatic carbocycles. The van der Waals surface area contributed by atoms with E-state index in [-0.39, 0.29) is 11.9 Å². The highest BCUT2D eigenvalue weighted by Crippen LogP contribution is 2.55. The zero-order chi connectivity index (χ0) is 12.4. The van der Waals surface area contributed by atoms with E-state index in [0.717, 1.165) is 6.42 Å². The summed E-state index contributed by atoms with van der Waals surface area (Å²) in [6, 6.07) is 0.111. The number of nitrogens with one attached hydrogen (secondary N) is 1. The molecule has 1 amide bonds. The summed E-state index contributed by atoms with van der Waals surface area (Å²) >= 11 is 0. The van der Waals surface area contributed by atoms with Gasteiger partial charge in [-0.1, -0.05) is 26.7 Å². The third kappa shape index (κ3) is 3.21. The highest BCUT2D eigenvalue weighted by atomic mass is 16.2. The molecule has 98 valence electrons. The van der Waals surface area contributed by atoms with Crippen molar-refractivity contribution in [1.82, 2.24) is 5.32 Å². The van der Waals surface area contributed by atoms with E-state index in [0.29, 0.717) is 30.2 Å². The summed E-state index contributed by atoms with van der Waals surface area (Å²) in [7, 11) is 0. The zero-order valence-electron chi connectivity index (χ0n) is 11.1. The molecule has 3 nitrogen and oxygen atoms in total. The molecule has 3 atom stereocenters. The predicted octanol–water partition coefficient (Wildman–Crippen LogP) is 1.91. The number of nitrogens with two attached hydrogens (primary N) is 1.